The average Bonchev–Trinajstić information content (AvgIpc) is 2.75. The van der Waals surface area contributed by atoms with E-state index >= 15 is 0 Å². The van der Waals surface area contributed by atoms with Crippen molar-refractivity contribution in [3.8, 4) is 5.75 Å². The lowest BCUT2D eigenvalue weighted by Gasteiger charge is -2.20. The van der Waals surface area contributed by atoms with Crippen molar-refractivity contribution in [2.45, 2.75) is 33.4 Å². The summed E-state index contributed by atoms with van der Waals surface area (Å²) in [7, 11) is 3.52. The van der Waals surface area contributed by atoms with Gasteiger partial charge in [-0.05, 0) is 42.3 Å². The maximum absolute atomic E-state index is 5.42. The maximum Gasteiger partial charge on any atom is 0.191 e. The molecule has 0 radical (unpaired) electrons. The smallest absolute Gasteiger partial charge is 0.191 e. The zero-order valence-electron chi connectivity index (χ0n) is 17.7. The van der Waals surface area contributed by atoms with E-state index in [1.807, 2.05) is 18.2 Å². The van der Waals surface area contributed by atoms with Gasteiger partial charge in [0.2, 0.25) is 0 Å². The van der Waals surface area contributed by atoms with Gasteiger partial charge in [0, 0.05) is 26.7 Å². The SMILES string of the molecule is CCN(CC)Cc1ccccc1CNC(=NC)NCCc1ccccc1OC. The van der Waals surface area contributed by atoms with E-state index in [0.717, 1.165) is 50.9 Å². The van der Waals surface area contributed by atoms with Crippen LogP contribution in [0.15, 0.2) is 53.5 Å². The van der Waals surface area contributed by atoms with E-state index in [2.05, 4.69) is 64.7 Å². The van der Waals surface area contributed by atoms with E-state index in [4.69, 9.17) is 4.74 Å². The molecule has 2 N–H and O–H groups in total. The summed E-state index contributed by atoms with van der Waals surface area (Å²) in [6.45, 7) is 9.06. The summed E-state index contributed by atoms with van der Waals surface area (Å²) < 4.78 is 5.42. The number of rotatable bonds is 10. The first-order valence-corrected chi connectivity index (χ1v) is 10.1. The molecule has 2 rings (SSSR count). The van der Waals surface area contributed by atoms with Crippen LogP contribution >= 0.6 is 0 Å². The molecule has 152 valence electrons. The molecule has 0 saturated carbocycles. The van der Waals surface area contributed by atoms with Gasteiger partial charge < -0.3 is 15.4 Å². The number of guanidine groups is 1. The number of aliphatic imine (C=N–C) groups is 1. The summed E-state index contributed by atoms with van der Waals surface area (Å²) >= 11 is 0. The van der Waals surface area contributed by atoms with Gasteiger partial charge in [0.15, 0.2) is 5.96 Å². The fraction of sp³-hybridized carbons (Fsp3) is 0.435. The van der Waals surface area contributed by atoms with Gasteiger partial charge in [-0.25, -0.2) is 0 Å². The molecule has 0 spiro atoms. The van der Waals surface area contributed by atoms with Gasteiger partial charge in [-0.15, -0.1) is 0 Å². The summed E-state index contributed by atoms with van der Waals surface area (Å²) in [4.78, 5) is 6.78. The van der Waals surface area contributed by atoms with E-state index in [1.54, 1.807) is 14.2 Å². The fourth-order valence-electron chi connectivity index (χ4n) is 3.20. The fourth-order valence-corrected chi connectivity index (χ4v) is 3.20. The highest BCUT2D eigenvalue weighted by molar-refractivity contribution is 5.79. The first-order valence-electron chi connectivity index (χ1n) is 10.1. The quantitative estimate of drug-likeness (QED) is 0.488. The molecule has 0 aromatic heterocycles. The van der Waals surface area contributed by atoms with Crippen molar-refractivity contribution in [3.05, 3.63) is 65.2 Å². The Hall–Kier alpha value is -2.53. The predicted molar refractivity (Wildman–Crippen MR) is 118 cm³/mol. The largest absolute Gasteiger partial charge is 0.496 e. The molecule has 0 amide bonds. The van der Waals surface area contributed by atoms with Crippen LogP contribution in [-0.2, 0) is 19.5 Å². The van der Waals surface area contributed by atoms with Crippen LogP contribution in [-0.4, -0.2) is 44.7 Å². The lowest BCUT2D eigenvalue weighted by Crippen LogP contribution is -2.38. The van der Waals surface area contributed by atoms with Crippen LogP contribution in [0.4, 0.5) is 0 Å². The number of nitrogens with zero attached hydrogens (tertiary/aromatic N) is 2. The molecule has 2 aromatic carbocycles. The molecule has 0 aliphatic carbocycles. The van der Waals surface area contributed by atoms with Crippen molar-refractivity contribution in [3.63, 3.8) is 0 Å². The van der Waals surface area contributed by atoms with Crippen LogP contribution in [0.25, 0.3) is 0 Å². The first kappa shape index (κ1) is 21.8. The molecule has 5 heteroatoms. The predicted octanol–water partition coefficient (Wildman–Crippen LogP) is 3.44. The third kappa shape index (κ3) is 6.57. The van der Waals surface area contributed by atoms with Gasteiger partial charge in [0.05, 0.1) is 7.11 Å². The van der Waals surface area contributed by atoms with E-state index in [1.165, 1.54) is 16.7 Å². The second-order valence-corrected chi connectivity index (χ2v) is 6.64. The molecular formula is C23H34N4O. The van der Waals surface area contributed by atoms with Crippen molar-refractivity contribution >= 4 is 5.96 Å². The molecule has 0 heterocycles. The Morgan fingerprint density at radius 2 is 1.57 bits per heavy atom. The highest BCUT2D eigenvalue weighted by Gasteiger charge is 2.07. The standard InChI is InChI=1S/C23H34N4O/c1-5-27(6-2)18-21-13-8-7-12-20(21)17-26-23(24-3)25-16-15-19-11-9-10-14-22(19)28-4/h7-14H,5-6,15-18H2,1-4H3,(H2,24,25,26). The third-order valence-electron chi connectivity index (χ3n) is 4.96. The van der Waals surface area contributed by atoms with Crippen molar-refractivity contribution in [1.82, 2.24) is 15.5 Å². The lowest BCUT2D eigenvalue weighted by atomic mass is 10.1. The van der Waals surface area contributed by atoms with Crippen LogP contribution in [0, 0.1) is 0 Å². The summed E-state index contributed by atoms with van der Waals surface area (Å²) in [6.07, 6.45) is 0.878. The van der Waals surface area contributed by atoms with E-state index in [0.29, 0.717) is 0 Å². The Kier molecular flexibility index (Phi) is 9.35. The zero-order valence-corrected chi connectivity index (χ0v) is 17.7. The number of nitrogens with one attached hydrogen (secondary N) is 2. The van der Waals surface area contributed by atoms with Crippen molar-refractivity contribution in [2.24, 2.45) is 4.99 Å². The van der Waals surface area contributed by atoms with Crippen molar-refractivity contribution in [2.75, 3.05) is 33.8 Å². The van der Waals surface area contributed by atoms with Gasteiger partial charge in [0.25, 0.3) is 0 Å². The molecule has 0 fully saturated rings. The van der Waals surface area contributed by atoms with Crippen LogP contribution < -0.4 is 15.4 Å². The average molecular weight is 383 g/mol. The zero-order chi connectivity index (χ0) is 20.2. The normalized spacial score (nSPS) is 11.5. The minimum atomic E-state index is 0.756. The molecule has 0 bridgehead atoms. The molecule has 0 saturated heterocycles. The third-order valence-corrected chi connectivity index (χ3v) is 4.96. The maximum atomic E-state index is 5.42. The lowest BCUT2D eigenvalue weighted by molar-refractivity contribution is 0.295. The van der Waals surface area contributed by atoms with Gasteiger partial charge in [-0.2, -0.15) is 0 Å². The summed E-state index contributed by atoms with van der Waals surface area (Å²) in [5.41, 5.74) is 3.86. The van der Waals surface area contributed by atoms with E-state index < -0.39 is 0 Å². The second-order valence-electron chi connectivity index (χ2n) is 6.64. The van der Waals surface area contributed by atoms with Crippen LogP contribution in [0.3, 0.4) is 0 Å². The summed E-state index contributed by atoms with van der Waals surface area (Å²) in [5, 5.41) is 6.83. The number of benzene rings is 2. The minimum absolute atomic E-state index is 0.756. The second kappa shape index (κ2) is 12.0. The first-order chi connectivity index (χ1) is 13.7. The molecule has 2 aromatic rings. The Balaban J connectivity index is 1.89. The molecule has 0 atom stereocenters. The number of para-hydroxylation sites is 1. The highest BCUT2D eigenvalue weighted by Crippen LogP contribution is 2.17. The number of hydrogen-bond donors (Lipinski definition) is 2. The van der Waals surface area contributed by atoms with Crippen molar-refractivity contribution < 1.29 is 4.74 Å². The van der Waals surface area contributed by atoms with Gasteiger partial charge >= 0.3 is 0 Å². The minimum Gasteiger partial charge on any atom is -0.496 e. The Labute approximate surface area is 169 Å². The van der Waals surface area contributed by atoms with Crippen LogP contribution in [0.2, 0.25) is 0 Å². The number of methoxy groups -OCH3 is 1. The Bertz CT molecular complexity index is 741. The van der Waals surface area contributed by atoms with Crippen LogP contribution in [0.1, 0.15) is 30.5 Å². The molecule has 28 heavy (non-hydrogen) atoms. The van der Waals surface area contributed by atoms with Gasteiger partial charge in [-0.3, -0.25) is 9.89 Å². The molecule has 0 unspecified atom stereocenters. The van der Waals surface area contributed by atoms with Gasteiger partial charge in [-0.1, -0.05) is 56.3 Å². The van der Waals surface area contributed by atoms with Crippen LogP contribution in [0.5, 0.6) is 5.75 Å². The molecule has 0 aliphatic rings. The molecule has 5 nitrogen and oxygen atoms in total. The topological polar surface area (TPSA) is 48.9 Å². The van der Waals surface area contributed by atoms with Gasteiger partial charge in [0.1, 0.15) is 5.75 Å². The summed E-state index contributed by atoms with van der Waals surface area (Å²) in [5.74, 6) is 1.74. The van der Waals surface area contributed by atoms with Crippen molar-refractivity contribution in [1.29, 1.82) is 0 Å². The Morgan fingerprint density at radius 3 is 2.21 bits per heavy atom. The Morgan fingerprint density at radius 1 is 0.929 bits per heavy atom. The monoisotopic (exact) mass is 382 g/mol. The summed E-state index contributed by atoms with van der Waals surface area (Å²) in [6, 6.07) is 16.7. The van der Waals surface area contributed by atoms with E-state index in [9.17, 15) is 0 Å². The highest BCUT2D eigenvalue weighted by atomic mass is 16.5. The molecule has 0 aliphatic heterocycles. The number of ether oxygens (including phenoxy) is 1. The molecular weight excluding hydrogens is 348 g/mol. The van der Waals surface area contributed by atoms with E-state index in [-0.39, 0.29) is 0 Å². The number of hydrogen-bond acceptors (Lipinski definition) is 3.